The third-order valence-electron chi connectivity index (χ3n) is 2.30. The van der Waals surface area contributed by atoms with Gasteiger partial charge in [-0.25, -0.2) is 0 Å². The van der Waals surface area contributed by atoms with Crippen molar-refractivity contribution in [1.82, 2.24) is 0 Å². The normalized spacial score (nSPS) is 24.3. The van der Waals surface area contributed by atoms with E-state index in [1.807, 2.05) is 0 Å². The molecule has 0 amide bonds. The Kier molecular flexibility index (Phi) is 3.65. The minimum atomic E-state index is -0.760. The molecule has 3 heteroatoms. The summed E-state index contributed by atoms with van der Waals surface area (Å²) < 4.78 is 12.7. The van der Waals surface area contributed by atoms with Crippen LogP contribution in [0.3, 0.4) is 0 Å². The Morgan fingerprint density at radius 2 is 2.07 bits per heavy atom. The van der Waals surface area contributed by atoms with Gasteiger partial charge in [0.15, 0.2) is 0 Å². The lowest BCUT2D eigenvalue weighted by Gasteiger charge is -2.12. The Balaban J connectivity index is 2.21. The molecule has 1 aliphatic rings. The minimum Gasteiger partial charge on any atom is -0.254 e. The molecule has 1 unspecified atom stereocenters. The van der Waals surface area contributed by atoms with Crippen molar-refractivity contribution >= 4 is 28.6 Å². The van der Waals surface area contributed by atoms with Gasteiger partial charge in [-0.05, 0) is 30.7 Å². The molecule has 1 aromatic carbocycles. The van der Waals surface area contributed by atoms with E-state index in [4.69, 9.17) is 0 Å². The predicted molar refractivity (Wildman–Crippen MR) is 69.2 cm³/mol. The first-order chi connectivity index (χ1) is 7.25. The van der Waals surface area contributed by atoms with Crippen LogP contribution in [0, 0.1) is 6.92 Å². The molecule has 0 aromatic heterocycles. The lowest BCUT2D eigenvalue weighted by molar-refractivity contribution is 0.686. The van der Waals surface area contributed by atoms with Gasteiger partial charge < -0.3 is 0 Å². The van der Waals surface area contributed by atoms with Gasteiger partial charge in [0.1, 0.15) is 0 Å². The van der Waals surface area contributed by atoms with Crippen molar-refractivity contribution < 1.29 is 4.21 Å². The van der Waals surface area contributed by atoms with Gasteiger partial charge in [-0.2, -0.15) is 0 Å². The molecular weight excluding hydrogens is 224 g/mol. The van der Waals surface area contributed by atoms with Crippen molar-refractivity contribution in [3.63, 3.8) is 0 Å². The molecule has 2 rings (SSSR count). The van der Waals surface area contributed by atoms with Crippen molar-refractivity contribution in [1.29, 1.82) is 0 Å². The van der Waals surface area contributed by atoms with Gasteiger partial charge in [0, 0.05) is 5.75 Å². The second kappa shape index (κ2) is 4.99. The third-order valence-corrected chi connectivity index (χ3v) is 5.34. The molecule has 80 valence electrons. The van der Waals surface area contributed by atoms with Gasteiger partial charge in [-0.3, -0.25) is 4.21 Å². The highest BCUT2D eigenvalue weighted by Gasteiger charge is 2.13. The first-order valence-corrected chi connectivity index (χ1v) is 7.36. The Morgan fingerprint density at radius 3 is 2.73 bits per heavy atom. The summed E-state index contributed by atoms with van der Waals surface area (Å²) in [6.07, 6.45) is 3.13. The molecule has 1 fully saturated rings. The molecule has 0 aliphatic carbocycles. The molecular formula is C12H14OS2. The zero-order valence-electron chi connectivity index (χ0n) is 8.73. The maximum Gasteiger partial charge on any atom is 0.0722 e. The van der Waals surface area contributed by atoms with E-state index in [0.29, 0.717) is 0 Å². The van der Waals surface area contributed by atoms with Crippen LogP contribution in [-0.2, 0) is 10.8 Å². The quantitative estimate of drug-likeness (QED) is 0.747. The highest BCUT2D eigenvalue weighted by Crippen LogP contribution is 2.28. The number of aryl methyl sites for hydroxylation is 1. The van der Waals surface area contributed by atoms with Crippen molar-refractivity contribution in [2.24, 2.45) is 0 Å². The van der Waals surface area contributed by atoms with E-state index >= 15 is 0 Å². The van der Waals surface area contributed by atoms with Crippen LogP contribution in [0.15, 0.2) is 28.5 Å². The van der Waals surface area contributed by atoms with E-state index < -0.39 is 10.8 Å². The Bertz CT molecular complexity index is 393. The van der Waals surface area contributed by atoms with Gasteiger partial charge in [0.05, 0.1) is 15.0 Å². The fourth-order valence-corrected chi connectivity index (χ4v) is 4.23. The molecule has 1 aromatic rings. The standard InChI is InChI=1S/C12H14OS2/c1-10-3-5-11(6-4-10)9-12-14-7-2-8-15(12)13/h3-6,9H,2,7-8H2,1H3/b12-9+. The monoisotopic (exact) mass is 238 g/mol. The van der Waals surface area contributed by atoms with E-state index in [9.17, 15) is 4.21 Å². The molecule has 15 heavy (non-hydrogen) atoms. The van der Waals surface area contributed by atoms with E-state index in [0.717, 1.165) is 27.7 Å². The summed E-state index contributed by atoms with van der Waals surface area (Å²) >= 11 is 1.73. The zero-order valence-corrected chi connectivity index (χ0v) is 10.4. The SMILES string of the molecule is Cc1ccc(/C=C2\SCCCS2=O)cc1. The Labute approximate surface area is 97.4 Å². The summed E-state index contributed by atoms with van der Waals surface area (Å²) in [5.74, 6) is 1.92. The van der Waals surface area contributed by atoms with Crippen LogP contribution < -0.4 is 0 Å². The molecule has 1 aliphatic heterocycles. The average Bonchev–Trinajstić information content (AvgIpc) is 2.25. The highest BCUT2D eigenvalue weighted by atomic mass is 32.2. The molecule has 0 spiro atoms. The number of rotatable bonds is 1. The van der Waals surface area contributed by atoms with Crippen LogP contribution >= 0.6 is 11.8 Å². The smallest absolute Gasteiger partial charge is 0.0722 e. The van der Waals surface area contributed by atoms with Crippen LogP contribution in [0.5, 0.6) is 0 Å². The van der Waals surface area contributed by atoms with Gasteiger partial charge in [0.25, 0.3) is 0 Å². The van der Waals surface area contributed by atoms with E-state index in [-0.39, 0.29) is 0 Å². The number of benzene rings is 1. The van der Waals surface area contributed by atoms with Crippen LogP contribution in [0.2, 0.25) is 0 Å². The topological polar surface area (TPSA) is 17.1 Å². The molecule has 1 atom stereocenters. The molecule has 1 saturated heterocycles. The first-order valence-electron chi connectivity index (χ1n) is 5.05. The maximum atomic E-state index is 11.7. The second-order valence-corrected chi connectivity index (χ2v) is 6.56. The van der Waals surface area contributed by atoms with Crippen LogP contribution in [0.4, 0.5) is 0 Å². The number of hydrogen-bond donors (Lipinski definition) is 0. The zero-order chi connectivity index (χ0) is 10.7. The molecule has 0 bridgehead atoms. The lowest BCUT2D eigenvalue weighted by Crippen LogP contribution is -2.06. The van der Waals surface area contributed by atoms with Gasteiger partial charge in [-0.15, -0.1) is 11.8 Å². The van der Waals surface area contributed by atoms with Crippen LogP contribution in [0.25, 0.3) is 6.08 Å². The summed E-state index contributed by atoms with van der Waals surface area (Å²) in [7, 11) is -0.760. The fourth-order valence-electron chi connectivity index (χ4n) is 1.44. The molecule has 0 saturated carbocycles. The molecule has 0 radical (unpaired) electrons. The molecule has 1 heterocycles. The summed E-state index contributed by atoms with van der Waals surface area (Å²) in [5.41, 5.74) is 2.41. The number of hydrogen-bond acceptors (Lipinski definition) is 2. The average molecular weight is 238 g/mol. The predicted octanol–water partition coefficient (Wildman–Crippen LogP) is 3.18. The lowest BCUT2D eigenvalue weighted by atomic mass is 10.1. The van der Waals surface area contributed by atoms with E-state index in [1.165, 1.54) is 5.56 Å². The first kappa shape index (κ1) is 11.0. The summed E-state index contributed by atoms with van der Waals surface area (Å²) in [4.78, 5) is 0. The fraction of sp³-hybridized carbons (Fsp3) is 0.333. The minimum absolute atomic E-state index is 0.760. The second-order valence-electron chi connectivity index (χ2n) is 3.63. The number of thioether (sulfide) groups is 1. The summed E-state index contributed by atoms with van der Waals surface area (Å²) in [6, 6.07) is 8.33. The largest absolute Gasteiger partial charge is 0.254 e. The summed E-state index contributed by atoms with van der Waals surface area (Å²) in [5, 5.41) is 0. The van der Waals surface area contributed by atoms with Crippen molar-refractivity contribution in [2.45, 2.75) is 13.3 Å². The van der Waals surface area contributed by atoms with E-state index in [2.05, 4.69) is 37.3 Å². The van der Waals surface area contributed by atoms with Gasteiger partial charge in [-0.1, -0.05) is 29.8 Å². The van der Waals surface area contributed by atoms with Crippen molar-refractivity contribution in [3.8, 4) is 0 Å². The van der Waals surface area contributed by atoms with Crippen LogP contribution in [0.1, 0.15) is 17.5 Å². The van der Waals surface area contributed by atoms with Gasteiger partial charge in [0.2, 0.25) is 0 Å². The van der Waals surface area contributed by atoms with Gasteiger partial charge >= 0.3 is 0 Å². The molecule has 1 nitrogen and oxygen atoms in total. The van der Waals surface area contributed by atoms with Crippen molar-refractivity contribution in [2.75, 3.05) is 11.5 Å². The molecule has 0 N–H and O–H groups in total. The Morgan fingerprint density at radius 1 is 1.33 bits per heavy atom. The van der Waals surface area contributed by atoms with E-state index in [1.54, 1.807) is 11.8 Å². The summed E-state index contributed by atoms with van der Waals surface area (Å²) in [6.45, 7) is 2.07. The maximum absolute atomic E-state index is 11.7. The highest BCUT2D eigenvalue weighted by molar-refractivity contribution is 8.17. The third kappa shape index (κ3) is 2.95. The van der Waals surface area contributed by atoms with Crippen LogP contribution in [-0.4, -0.2) is 15.7 Å². The van der Waals surface area contributed by atoms with Crippen molar-refractivity contribution in [3.05, 3.63) is 39.6 Å². The Hall–Kier alpha value is -0.540.